The molecule has 0 aromatic heterocycles. The average Bonchev–Trinajstić information content (AvgIpc) is 2.72. The van der Waals surface area contributed by atoms with Crippen molar-refractivity contribution in [3.05, 3.63) is 87.9 Å². The molecule has 0 aliphatic rings. The van der Waals surface area contributed by atoms with Crippen molar-refractivity contribution < 1.29 is 23.1 Å². The van der Waals surface area contributed by atoms with Gasteiger partial charge in [-0.1, -0.05) is 47.5 Å². The highest BCUT2D eigenvalue weighted by molar-refractivity contribution is 7.92. The Kier molecular flexibility index (Phi) is 6.90. The summed E-state index contributed by atoms with van der Waals surface area (Å²) in [5.41, 5.74) is 1.14. The minimum atomic E-state index is -3.95. The van der Waals surface area contributed by atoms with Crippen molar-refractivity contribution in [2.45, 2.75) is 4.90 Å². The lowest BCUT2D eigenvalue weighted by atomic mass is 10.1. The molecule has 6 nitrogen and oxygen atoms in total. The number of allylic oxidation sites excluding steroid dienone is 1. The van der Waals surface area contributed by atoms with E-state index in [0.29, 0.717) is 5.56 Å². The summed E-state index contributed by atoms with van der Waals surface area (Å²) in [5, 5.41) is 10.0. The van der Waals surface area contributed by atoms with Gasteiger partial charge in [0.25, 0.3) is 10.0 Å². The van der Waals surface area contributed by atoms with Gasteiger partial charge in [-0.25, -0.2) is 8.42 Å². The molecule has 0 unspecified atom stereocenters. The monoisotopic (exact) mass is 477 g/mol. The molecule has 0 heterocycles. The second-order valence-electron chi connectivity index (χ2n) is 6.42. The van der Waals surface area contributed by atoms with Crippen LogP contribution in [0.25, 0.3) is 6.08 Å². The number of rotatable bonds is 7. The van der Waals surface area contributed by atoms with E-state index < -0.39 is 10.0 Å². The number of carbonyl (C=O) groups excluding carboxylic acids is 1. The van der Waals surface area contributed by atoms with E-state index in [4.69, 9.17) is 27.9 Å². The molecule has 0 saturated heterocycles. The third-order valence-corrected chi connectivity index (χ3v) is 5.97. The zero-order chi connectivity index (χ0) is 22.6. The molecule has 0 spiro atoms. The molecule has 3 rings (SSSR count). The molecule has 0 saturated carbocycles. The number of anilines is 1. The number of methoxy groups -OCH3 is 1. The fraction of sp³-hybridized carbons (Fsp3) is 0.0455. The highest BCUT2D eigenvalue weighted by Gasteiger charge is 2.16. The highest BCUT2D eigenvalue weighted by Crippen LogP contribution is 2.27. The Hall–Kier alpha value is -3.00. The summed E-state index contributed by atoms with van der Waals surface area (Å²) in [6.07, 6.45) is 2.91. The average molecular weight is 478 g/mol. The van der Waals surface area contributed by atoms with Gasteiger partial charge in [0.05, 0.1) is 12.0 Å². The van der Waals surface area contributed by atoms with Crippen LogP contribution in [0.4, 0.5) is 5.69 Å². The minimum Gasteiger partial charge on any atom is -0.504 e. The number of sulfonamides is 1. The van der Waals surface area contributed by atoms with E-state index in [1.165, 1.54) is 49.6 Å². The molecule has 0 radical (unpaired) electrons. The van der Waals surface area contributed by atoms with E-state index in [9.17, 15) is 18.3 Å². The van der Waals surface area contributed by atoms with Crippen LogP contribution in [0.5, 0.6) is 11.5 Å². The molecule has 2 N–H and O–H groups in total. The first-order valence-corrected chi connectivity index (χ1v) is 11.1. The van der Waals surface area contributed by atoms with Gasteiger partial charge in [0.15, 0.2) is 17.3 Å². The Labute approximate surface area is 189 Å². The second-order valence-corrected chi connectivity index (χ2v) is 8.98. The van der Waals surface area contributed by atoms with E-state index in [2.05, 4.69) is 4.72 Å². The van der Waals surface area contributed by atoms with E-state index in [-0.39, 0.29) is 43.5 Å². The van der Waals surface area contributed by atoms with Gasteiger partial charge in [0.1, 0.15) is 0 Å². The van der Waals surface area contributed by atoms with Gasteiger partial charge < -0.3 is 9.84 Å². The molecule has 0 bridgehead atoms. The Bertz CT molecular complexity index is 1250. The van der Waals surface area contributed by atoms with Crippen molar-refractivity contribution in [3.63, 3.8) is 0 Å². The molecule has 0 atom stereocenters. The lowest BCUT2D eigenvalue weighted by Crippen LogP contribution is -2.13. The first-order chi connectivity index (χ1) is 14.7. The maximum absolute atomic E-state index is 12.6. The molecule has 0 fully saturated rings. The van der Waals surface area contributed by atoms with Crippen LogP contribution in [0.2, 0.25) is 10.0 Å². The van der Waals surface area contributed by atoms with Crippen LogP contribution < -0.4 is 9.46 Å². The SMILES string of the molecule is COc1cc(/C=C/C(=O)c2cccc(NS(=O)(=O)c3cc(Cl)cc(Cl)c3)c2)ccc1O. The molecule has 9 heteroatoms. The normalized spacial score (nSPS) is 11.5. The minimum absolute atomic E-state index is 0.00745. The largest absolute Gasteiger partial charge is 0.504 e. The van der Waals surface area contributed by atoms with Crippen molar-refractivity contribution in [2.24, 2.45) is 0 Å². The van der Waals surface area contributed by atoms with Crippen molar-refractivity contribution in [3.8, 4) is 11.5 Å². The standard InChI is InChI=1S/C22H17Cl2NO5S/c1-30-22-9-14(6-8-21(22)27)5-7-20(26)15-3-2-4-18(10-15)25-31(28,29)19-12-16(23)11-17(24)13-19/h2-13,25,27H,1H3/b7-5+. The number of phenolic OH excluding ortho intramolecular Hbond substituents is 1. The van der Waals surface area contributed by atoms with Crippen LogP contribution in [-0.4, -0.2) is 26.4 Å². The third kappa shape index (κ3) is 5.79. The number of hydrogen-bond donors (Lipinski definition) is 2. The number of ketones is 1. The molecule has 0 aliphatic carbocycles. The van der Waals surface area contributed by atoms with Crippen molar-refractivity contribution in [1.29, 1.82) is 0 Å². The van der Waals surface area contributed by atoms with Crippen LogP contribution in [-0.2, 0) is 10.0 Å². The molecule has 0 amide bonds. The molecule has 3 aromatic rings. The van der Waals surface area contributed by atoms with E-state index in [1.807, 2.05) is 0 Å². The number of nitrogens with one attached hydrogen (secondary N) is 1. The third-order valence-electron chi connectivity index (χ3n) is 4.18. The maximum Gasteiger partial charge on any atom is 0.261 e. The zero-order valence-electron chi connectivity index (χ0n) is 16.2. The number of phenols is 1. The fourth-order valence-corrected chi connectivity index (χ4v) is 4.47. The van der Waals surface area contributed by atoms with Gasteiger partial charge in [0, 0.05) is 21.3 Å². The van der Waals surface area contributed by atoms with Gasteiger partial charge in [-0.15, -0.1) is 0 Å². The summed E-state index contributed by atoms with van der Waals surface area (Å²) in [5.74, 6) is -0.0574. The van der Waals surface area contributed by atoms with Gasteiger partial charge in [0.2, 0.25) is 0 Å². The second kappa shape index (κ2) is 9.43. The Morgan fingerprint density at radius 3 is 2.42 bits per heavy atom. The van der Waals surface area contributed by atoms with E-state index >= 15 is 0 Å². The van der Waals surface area contributed by atoms with Crippen molar-refractivity contribution in [2.75, 3.05) is 11.8 Å². The number of halogens is 2. The number of aromatic hydroxyl groups is 1. The molecular formula is C22H17Cl2NO5S. The van der Waals surface area contributed by atoms with E-state index in [1.54, 1.807) is 30.3 Å². The topological polar surface area (TPSA) is 92.7 Å². The fourth-order valence-electron chi connectivity index (χ4n) is 2.70. The summed E-state index contributed by atoms with van der Waals surface area (Å²) < 4.78 is 32.7. The number of ether oxygens (including phenoxy) is 1. The Morgan fingerprint density at radius 1 is 1.03 bits per heavy atom. The lowest BCUT2D eigenvalue weighted by molar-refractivity contribution is 0.104. The predicted octanol–water partition coefficient (Wildman–Crippen LogP) is 5.40. The summed E-state index contributed by atoms with van der Waals surface area (Å²) in [6, 6.07) is 14.7. The molecule has 31 heavy (non-hydrogen) atoms. The van der Waals surface area contributed by atoms with Gasteiger partial charge in [-0.2, -0.15) is 0 Å². The van der Waals surface area contributed by atoms with Crippen molar-refractivity contribution in [1.82, 2.24) is 0 Å². The molecule has 0 aliphatic heterocycles. The first-order valence-electron chi connectivity index (χ1n) is 8.86. The highest BCUT2D eigenvalue weighted by atomic mass is 35.5. The number of hydrogen-bond acceptors (Lipinski definition) is 5. The number of carbonyl (C=O) groups is 1. The zero-order valence-corrected chi connectivity index (χ0v) is 18.5. The summed E-state index contributed by atoms with van der Waals surface area (Å²) in [6.45, 7) is 0. The molecule has 160 valence electrons. The van der Waals surface area contributed by atoms with Crippen LogP contribution in [0.1, 0.15) is 15.9 Å². The van der Waals surface area contributed by atoms with Crippen LogP contribution in [0.15, 0.2) is 71.6 Å². The predicted molar refractivity (Wildman–Crippen MR) is 122 cm³/mol. The van der Waals surface area contributed by atoms with Gasteiger partial charge in [-0.05, 0) is 54.1 Å². The summed E-state index contributed by atoms with van der Waals surface area (Å²) in [4.78, 5) is 12.4. The smallest absolute Gasteiger partial charge is 0.261 e. The summed E-state index contributed by atoms with van der Waals surface area (Å²) in [7, 11) is -2.53. The molecule has 3 aromatic carbocycles. The van der Waals surface area contributed by atoms with Crippen LogP contribution in [0, 0.1) is 0 Å². The molecular weight excluding hydrogens is 461 g/mol. The van der Waals surface area contributed by atoms with Crippen LogP contribution in [0.3, 0.4) is 0 Å². The van der Waals surface area contributed by atoms with Crippen molar-refractivity contribution >= 4 is 50.8 Å². The van der Waals surface area contributed by atoms with Gasteiger partial charge >= 0.3 is 0 Å². The van der Waals surface area contributed by atoms with E-state index in [0.717, 1.165) is 0 Å². The maximum atomic E-state index is 12.6. The number of benzene rings is 3. The summed E-state index contributed by atoms with van der Waals surface area (Å²) >= 11 is 11.8. The Balaban J connectivity index is 1.80. The lowest BCUT2D eigenvalue weighted by Gasteiger charge is -2.10. The van der Waals surface area contributed by atoms with Crippen LogP contribution >= 0.6 is 23.2 Å². The first kappa shape index (κ1) is 22.7. The Morgan fingerprint density at radius 2 is 1.74 bits per heavy atom. The quantitative estimate of drug-likeness (QED) is 0.350. The van der Waals surface area contributed by atoms with Gasteiger partial charge in [-0.3, -0.25) is 9.52 Å².